The summed E-state index contributed by atoms with van der Waals surface area (Å²) in [7, 11) is 1.71. The van der Waals surface area contributed by atoms with Crippen LogP contribution in [0, 0.1) is 11.3 Å². The lowest BCUT2D eigenvalue weighted by Crippen LogP contribution is -2.44. The Morgan fingerprint density at radius 1 is 1.13 bits per heavy atom. The molecule has 0 bridgehead atoms. The number of likely N-dealkylation sites (tertiary alicyclic amines) is 1. The molecule has 0 aromatic heterocycles. The SMILES string of the molecule is CN=C(NCc1ccc(C#N)cc1)NC1CCN(Cc2ccc(C(F)(F)F)cc2)C1.I. The van der Waals surface area contributed by atoms with Crippen LogP contribution in [0.15, 0.2) is 53.5 Å². The van der Waals surface area contributed by atoms with Crippen molar-refractivity contribution in [3.05, 3.63) is 70.8 Å². The molecule has 1 fully saturated rings. The largest absolute Gasteiger partial charge is 0.416 e. The molecular formula is C22H25F3IN5. The number of alkyl halides is 3. The highest BCUT2D eigenvalue weighted by Gasteiger charge is 2.30. The van der Waals surface area contributed by atoms with Gasteiger partial charge in [0.25, 0.3) is 0 Å². The monoisotopic (exact) mass is 543 g/mol. The van der Waals surface area contributed by atoms with Gasteiger partial charge < -0.3 is 10.6 Å². The van der Waals surface area contributed by atoms with Gasteiger partial charge in [0, 0.05) is 39.3 Å². The highest BCUT2D eigenvalue weighted by molar-refractivity contribution is 14.0. The molecule has 2 N–H and O–H groups in total. The summed E-state index contributed by atoms with van der Waals surface area (Å²) in [4.78, 5) is 6.48. The number of nitrogens with zero attached hydrogens (tertiary/aromatic N) is 3. The fourth-order valence-corrected chi connectivity index (χ4v) is 3.42. The van der Waals surface area contributed by atoms with Crippen LogP contribution in [0.4, 0.5) is 13.2 Å². The molecule has 5 nitrogen and oxygen atoms in total. The normalized spacial score (nSPS) is 17.0. The summed E-state index contributed by atoms with van der Waals surface area (Å²) in [6, 6.07) is 15.0. The van der Waals surface area contributed by atoms with Crippen LogP contribution in [-0.4, -0.2) is 37.0 Å². The Balaban J connectivity index is 0.00000341. The second kappa shape index (κ2) is 11.3. The van der Waals surface area contributed by atoms with E-state index in [1.54, 1.807) is 31.3 Å². The first-order chi connectivity index (χ1) is 14.4. The average molecular weight is 543 g/mol. The van der Waals surface area contributed by atoms with Crippen molar-refractivity contribution in [3.8, 4) is 6.07 Å². The molecule has 2 aromatic rings. The standard InChI is InChI=1S/C22H24F3N5.HI/c1-27-21(28-13-17-4-2-16(12-26)3-5-17)29-20-10-11-30(15-20)14-18-6-8-19(9-7-18)22(23,24)25;/h2-9,20H,10-11,13-15H2,1H3,(H2,27,28,29);1H. The number of hydrogen-bond donors (Lipinski definition) is 2. The third-order valence-electron chi connectivity index (χ3n) is 5.07. The second-order valence-corrected chi connectivity index (χ2v) is 7.29. The van der Waals surface area contributed by atoms with E-state index in [0.717, 1.165) is 42.8 Å². The van der Waals surface area contributed by atoms with Gasteiger partial charge in [-0.1, -0.05) is 24.3 Å². The van der Waals surface area contributed by atoms with Crippen molar-refractivity contribution in [1.82, 2.24) is 15.5 Å². The smallest absolute Gasteiger partial charge is 0.352 e. The minimum absolute atomic E-state index is 0. The summed E-state index contributed by atoms with van der Waals surface area (Å²) in [6.07, 6.45) is -3.37. The van der Waals surface area contributed by atoms with Crippen molar-refractivity contribution < 1.29 is 13.2 Å². The van der Waals surface area contributed by atoms with Gasteiger partial charge in [-0.05, 0) is 41.8 Å². The van der Waals surface area contributed by atoms with E-state index in [9.17, 15) is 13.2 Å². The van der Waals surface area contributed by atoms with Gasteiger partial charge in [-0.25, -0.2) is 0 Å². The number of halogens is 4. The summed E-state index contributed by atoms with van der Waals surface area (Å²) in [5.41, 5.74) is 1.92. The van der Waals surface area contributed by atoms with E-state index in [4.69, 9.17) is 5.26 Å². The van der Waals surface area contributed by atoms with Crippen LogP contribution < -0.4 is 10.6 Å². The summed E-state index contributed by atoms with van der Waals surface area (Å²) in [5.74, 6) is 0.695. The highest BCUT2D eigenvalue weighted by atomic mass is 127. The van der Waals surface area contributed by atoms with Crippen molar-refractivity contribution in [1.29, 1.82) is 5.26 Å². The zero-order valence-corrected chi connectivity index (χ0v) is 19.4. The zero-order valence-electron chi connectivity index (χ0n) is 17.1. The van der Waals surface area contributed by atoms with Crippen molar-refractivity contribution in [3.63, 3.8) is 0 Å². The Morgan fingerprint density at radius 3 is 2.35 bits per heavy atom. The molecule has 0 saturated carbocycles. The van der Waals surface area contributed by atoms with Crippen LogP contribution in [0.3, 0.4) is 0 Å². The third kappa shape index (κ3) is 7.40. The molecule has 9 heteroatoms. The van der Waals surface area contributed by atoms with Gasteiger partial charge in [-0.15, -0.1) is 24.0 Å². The van der Waals surface area contributed by atoms with Gasteiger partial charge in [0.1, 0.15) is 0 Å². The molecule has 3 rings (SSSR count). The fourth-order valence-electron chi connectivity index (χ4n) is 3.42. The molecular weight excluding hydrogens is 518 g/mol. The Labute approximate surface area is 197 Å². The van der Waals surface area contributed by atoms with Crippen LogP contribution in [-0.2, 0) is 19.3 Å². The number of guanidine groups is 1. The Bertz CT molecular complexity index is 905. The van der Waals surface area contributed by atoms with E-state index in [0.29, 0.717) is 24.6 Å². The number of aliphatic imine (C=N–C) groups is 1. The minimum Gasteiger partial charge on any atom is -0.352 e. The maximum atomic E-state index is 12.7. The van der Waals surface area contributed by atoms with Crippen LogP contribution in [0.5, 0.6) is 0 Å². The zero-order chi connectivity index (χ0) is 21.6. The van der Waals surface area contributed by atoms with E-state index in [-0.39, 0.29) is 30.0 Å². The summed E-state index contributed by atoms with van der Waals surface area (Å²) < 4.78 is 38.1. The molecule has 0 aliphatic carbocycles. The van der Waals surface area contributed by atoms with E-state index in [2.05, 4.69) is 26.6 Å². The van der Waals surface area contributed by atoms with E-state index >= 15 is 0 Å². The first kappa shape index (κ1) is 24.9. The predicted molar refractivity (Wildman–Crippen MR) is 125 cm³/mol. The van der Waals surface area contributed by atoms with Crippen molar-refractivity contribution in [2.75, 3.05) is 20.1 Å². The second-order valence-electron chi connectivity index (χ2n) is 7.29. The van der Waals surface area contributed by atoms with Gasteiger partial charge >= 0.3 is 6.18 Å². The van der Waals surface area contributed by atoms with Crippen LogP contribution in [0.25, 0.3) is 0 Å². The lowest BCUT2D eigenvalue weighted by atomic mass is 10.1. The van der Waals surface area contributed by atoms with Crippen LogP contribution >= 0.6 is 24.0 Å². The lowest BCUT2D eigenvalue weighted by molar-refractivity contribution is -0.137. The van der Waals surface area contributed by atoms with Gasteiger partial charge in [-0.2, -0.15) is 18.4 Å². The molecule has 1 atom stereocenters. The van der Waals surface area contributed by atoms with Crippen molar-refractivity contribution in [2.45, 2.75) is 31.7 Å². The predicted octanol–water partition coefficient (Wildman–Crippen LogP) is 4.13. The molecule has 1 aliphatic rings. The molecule has 1 saturated heterocycles. The first-order valence-electron chi connectivity index (χ1n) is 9.72. The lowest BCUT2D eigenvalue weighted by Gasteiger charge is -2.19. The molecule has 0 amide bonds. The molecule has 1 unspecified atom stereocenters. The van der Waals surface area contributed by atoms with Crippen molar-refractivity contribution in [2.24, 2.45) is 4.99 Å². The van der Waals surface area contributed by atoms with E-state index < -0.39 is 11.7 Å². The average Bonchev–Trinajstić information content (AvgIpc) is 3.18. The first-order valence-corrected chi connectivity index (χ1v) is 9.72. The Kier molecular flexibility index (Phi) is 9.13. The van der Waals surface area contributed by atoms with E-state index in [1.165, 1.54) is 0 Å². The van der Waals surface area contributed by atoms with Gasteiger partial charge in [0.05, 0.1) is 17.2 Å². The molecule has 0 spiro atoms. The number of nitriles is 1. The molecule has 0 radical (unpaired) electrons. The minimum atomic E-state index is -4.30. The number of hydrogen-bond acceptors (Lipinski definition) is 3. The van der Waals surface area contributed by atoms with Gasteiger partial charge in [0.15, 0.2) is 5.96 Å². The molecule has 166 valence electrons. The van der Waals surface area contributed by atoms with Crippen LogP contribution in [0.1, 0.15) is 28.7 Å². The van der Waals surface area contributed by atoms with Crippen molar-refractivity contribution >= 4 is 29.9 Å². The number of benzene rings is 2. The maximum Gasteiger partial charge on any atom is 0.416 e. The number of nitrogens with one attached hydrogen (secondary N) is 2. The van der Waals surface area contributed by atoms with Crippen LogP contribution in [0.2, 0.25) is 0 Å². The van der Waals surface area contributed by atoms with E-state index in [1.807, 2.05) is 12.1 Å². The molecule has 31 heavy (non-hydrogen) atoms. The number of rotatable bonds is 5. The quantitative estimate of drug-likeness (QED) is 0.338. The Hall–Kier alpha value is -2.32. The maximum absolute atomic E-state index is 12.7. The summed E-state index contributed by atoms with van der Waals surface area (Å²) in [5, 5.41) is 15.5. The molecule has 1 heterocycles. The molecule has 2 aromatic carbocycles. The van der Waals surface area contributed by atoms with Gasteiger partial charge in [0.2, 0.25) is 0 Å². The summed E-state index contributed by atoms with van der Waals surface area (Å²) in [6.45, 7) is 2.87. The summed E-state index contributed by atoms with van der Waals surface area (Å²) >= 11 is 0. The molecule has 1 aliphatic heterocycles. The Morgan fingerprint density at radius 2 is 1.77 bits per heavy atom. The highest BCUT2D eigenvalue weighted by Crippen LogP contribution is 2.29. The van der Waals surface area contributed by atoms with Gasteiger partial charge in [-0.3, -0.25) is 9.89 Å². The topological polar surface area (TPSA) is 63.5 Å². The third-order valence-corrected chi connectivity index (χ3v) is 5.07. The fraction of sp³-hybridized carbons (Fsp3) is 0.364.